The lowest BCUT2D eigenvalue weighted by Gasteiger charge is -2.39. The number of nitrogens with zero attached hydrogens (tertiary/aromatic N) is 3. The Labute approximate surface area is 532 Å². The highest BCUT2D eigenvalue weighted by Gasteiger charge is 2.48. The van der Waals surface area contributed by atoms with Gasteiger partial charge in [0, 0.05) is 78.4 Å². The van der Waals surface area contributed by atoms with E-state index < -0.39 is 27.4 Å². The summed E-state index contributed by atoms with van der Waals surface area (Å²) in [5.74, 6) is 2.20. The van der Waals surface area contributed by atoms with Gasteiger partial charge < -0.3 is 63.8 Å². The van der Waals surface area contributed by atoms with Gasteiger partial charge in [0.15, 0.2) is 28.4 Å². The van der Waals surface area contributed by atoms with E-state index in [1.54, 1.807) is 60.1 Å². The summed E-state index contributed by atoms with van der Waals surface area (Å²) in [4.78, 5) is 48.0. The van der Waals surface area contributed by atoms with Crippen LogP contribution in [-0.4, -0.2) is 138 Å². The van der Waals surface area contributed by atoms with E-state index in [4.69, 9.17) is 33.2 Å². The first kappa shape index (κ1) is 65.5. The molecule has 4 heterocycles. The van der Waals surface area contributed by atoms with Gasteiger partial charge in [-0.05, 0) is 129 Å². The van der Waals surface area contributed by atoms with E-state index in [9.17, 15) is 27.4 Å². The predicted octanol–water partition coefficient (Wildman–Crippen LogP) is 11.4. The number of carbonyl (C=O) groups excluding carboxylic acids is 3. The molecule has 1 aliphatic carbocycles. The lowest BCUT2D eigenvalue weighted by Crippen LogP contribution is -2.52. The summed E-state index contributed by atoms with van der Waals surface area (Å²) in [7, 11) is 3.48. The number of fused-ring (bicyclic) bond motifs is 8. The van der Waals surface area contributed by atoms with Gasteiger partial charge in [-0.3, -0.25) is 18.9 Å². The molecule has 3 amide bonds. The van der Waals surface area contributed by atoms with Gasteiger partial charge in [0.2, 0.25) is 5.91 Å². The molecule has 1 unspecified atom stereocenters. The molecule has 3 atom stereocenters. The van der Waals surface area contributed by atoms with Crippen molar-refractivity contribution in [1.82, 2.24) is 5.32 Å². The van der Waals surface area contributed by atoms with Crippen molar-refractivity contribution in [2.24, 2.45) is 5.92 Å². The van der Waals surface area contributed by atoms with Crippen molar-refractivity contribution >= 4 is 77.9 Å². The van der Waals surface area contributed by atoms with E-state index >= 15 is 0 Å². The zero-order valence-corrected chi connectivity index (χ0v) is 54.7. The van der Waals surface area contributed by atoms with Gasteiger partial charge in [0.25, 0.3) is 21.9 Å². The molecule has 4 N–H and O–H groups in total. The molecule has 22 heteroatoms. The van der Waals surface area contributed by atoms with Gasteiger partial charge in [-0.2, -0.15) is 8.42 Å². The van der Waals surface area contributed by atoms with E-state index in [-0.39, 0.29) is 70.5 Å². The number of methoxy groups -OCH3 is 3. The highest BCUT2D eigenvalue weighted by Crippen LogP contribution is 2.46. The monoisotopic (exact) mass is 1280 g/mol. The van der Waals surface area contributed by atoms with Crippen molar-refractivity contribution in [1.29, 1.82) is 0 Å². The fourth-order valence-corrected chi connectivity index (χ4v) is 16.8. The zero-order valence-electron chi connectivity index (χ0n) is 52.2. The van der Waals surface area contributed by atoms with Crippen LogP contribution in [0.4, 0.5) is 28.4 Å². The summed E-state index contributed by atoms with van der Waals surface area (Å²) >= 11 is 0. The van der Waals surface area contributed by atoms with Crippen LogP contribution in [0.2, 0.25) is 0 Å². The molecule has 1 fully saturated rings. The van der Waals surface area contributed by atoms with E-state index in [1.807, 2.05) is 47.4 Å². The Bertz CT molecular complexity index is 3430. The van der Waals surface area contributed by atoms with Gasteiger partial charge in [0.1, 0.15) is 13.2 Å². The summed E-state index contributed by atoms with van der Waals surface area (Å²) in [5.41, 5.74) is 7.09. The SMILES string of the molecule is CCC(CC)(NC(=O)CCCSSC(C)(C)CN(CCOCCOCCOC)c1cc(COc2cc3c(cc2OC)C(=O)N2c4ccccc4C[C@H]2CN3)cc(COc2cc3c(cc2OC)C(=O)N2c4ccccc4C[C@H]2C(S(=O)(=O)O)N3)c1)C1CCCC1. The molecule has 89 heavy (non-hydrogen) atoms. The lowest BCUT2D eigenvalue weighted by molar-refractivity contribution is -0.124. The van der Waals surface area contributed by atoms with Crippen LogP contribution in [-0.2, 0) is 55.2 Å². The predicted molar refractivity (Wildman–Crippen MR) is 353 cm³/mol. The number of nitrogens with one attached hydrogen (secondary N) is 3. The van der Waals surface area contributed by atoms with Crippen LogP contribution >= 0.6 is 21.6 Å². The topological polar surface area (TPSA) is 216 Å². The summed E-state index contributed by atoms with van der Waals surface area (Å²) in [5, 5.41) is 8.50. The second-order valence-electron chi connectivity index (χ2n) is 24.2. The number of hydrogen-bond donors (Lipinski definition) is 4. The minimum Gasteiger partial charge on any atom is -0.493 e. The lowest BCUT2D eigenvalue weighted by atomic mass is 9.78. The number of benzene rings is 5. The smallest absolute Gasteiger partial charge is 0.288 e. The number of hydrogen-bond acceptors (Lipinski definition) is 17. The quantitative estimate of drug-likeness (QED) is 0.0184. The molecule has 1 saturated carbocycles. The van der Waals surface area contributed by atoms with Crippen molar-refractivity contribution in [3.8, 4) is 23.0 Å². The highest BCUT2D eigenvalue weighted by molar-refractivity contribution is 8.77. The Kier molecular flexibility index (Phi) is 21.6. The van der Waals surface area contributed by atoms with Crippen molar-refractivity contribution in [3.63, 3.8) is 0 Å². The molecule has 4 aliphatic heterocycles. The standard InChI is InChI=1S/C67H86N6O13S3/c1-8-67(9-2,48-19-12-13-20-48)70-62(74)23-16-30-87-88-66(3,4)43-71(24-25-83-28-29-84-27-26-80-5)49-32-44(41-85-60-38-53-51(36-58(60)81-6)64(75)72-50(40-68-53)34-46-17-10-14-21-55(46)72)31-45(33-49)42-86-61-39-54-52(37-59(61)82-7)65(76)73-56-22-15-11-18-47(56)35-57(73)63(69-54)89(77,78)79/h10-11,14-15,17-18,21-22,31-33,36-39,48,50,57,63,68-69H,8-9,12-13,16,19-20,23-30,34-35,40-43H2,1-7H3,(H,70,74)(H,77,78,79)/t50-,57-,63?/m0/s1. The summed E-state index contributed by atoms with van der Waals surface area (Å²) in [6.07, 6.45) is 8.89. The second kappa shape index (κ2) is 29.3. The fraction of sp³-hybridized carbons (Fsp3) is 0.507. The average Bonchev–Trinajstić information content (AvgIpc) is 1.62. The maximum atomic E-state index is 14.5. The zero-order chi connectivity index (χ0) is 62.9. The van der Waals surface area contributed by atoms with E-state index in [1.165, 1.54) is 43.8 Å². The minimum atomic E-state index is -4.75. The third-order valence-corrected chi connectivity index (χ3v) is 22.3. The second-order valence-corrected chi connectivity index (χ2v) is 28.8. The first-order chi connectivity index (χ1) is 43.0. The van der Waals surface area contributed by atoms with Crippen molar-refractivity contribution < 1.29 is 60.5 Å². The number of ether oxygens (including phenoxy) is 7. The van der Waals surface area contributed by atoms with Crippen LogP contribution in [0.3, 0.4) is 0 Å². The normalized spacial score (nSPS) is 17.9. The van der Waals surface area contributed by atoms with E-state index in [0.29, 0.717) is 93.4 Å². The first-order valence-corrected chi connectivity index (χ1v) is 34.9. The van der Waals surface area contributed by atoms with Crippen LogP contribution in [0.25, 0.3) is 0 Å². The van der Waals surface area contributed by atoms with E-state index in [0.717, 1.165) is 65.1 Å². The molecule has 5 aliphatic rings. The molecule has 0 bridgehead atoms. The first-order valence-electron chi connectivity index (χ1n) is 31.1. The Morgan fingerprint density at radius 2 is 1.33 bits per heavy atom. The van der Waals surface area contributed by atoms with Crippen LogP contribution in [0.15, 0.2) is 91.0 Å². The maximum Gasteiger partial charge on any atom is 0.288 e. The van der Waals surface area contributed by atoms with Crippen LogP contribution in [0.5, 0.6) is 23.0 Å². The summed E-state index contributed by atoms with van der Waals surface area (Å²) in [6.45, 7) is 12.7. The van der Waals surface area contributed by atoms with Gasteiger partial charge >= 0.3 is 0 Å². The maximum absolute atomic E-state index is 14.5. The molecule has 5 aromatic carbocycles. The summed E-state index contributed by atoms with van der Waals surface area (Å²) in [6, 6.07) is 27.0. The summed E-state index contributed by atoms with van der Waals surface area (Å²) < 4.78 is 79.0. The minimum absolute atomic E-state index is 0.00814. The number of carbonyl (C=O) groups is 3. The number of para-hydroxylation sites is 2. The largest absolute Gasteiger partial charge is 0.493 e. The molecule has 5 aromatic rings. The number of rotatable bonds is 31. The van der Waals surface area contributed by atoms with Crippen LogP contribution < -0.4 is 49.6 Å². The van der Waals surface area contributed by atoms with Gasteiger partial charge in [-0.25, -0.2) is 0 Å². The Balaban J connectivity index is 0.925. The van der Waals surface area contributed by atoms with Crippen LogP contribution in [0.1, 0.15) is 122 Å². The molecular weight excluding hydrogens is 1190 g/mol. The molecule has 19 nitrogen and oxygen atoms in total. The van der Waals surface area contributed by atoms with Gasteiger partial charge in [-0.15, -0.1) is 0 Å². The van der Waals surface area contributed by atoms with E-state index in [2.05, 4.69) is 66.7 Å². The molecule has 0 radical (unpaired) electrons. The molecule has 0 spiro atoms. The number of amides is 3. The molecule has 480 valence electrons. The van der Waals surface area contributed by atoms with Crippen LogP contribution in [0, 0.1) is 5.92 Å². The molecule has 0 aromatic heterocycles. The molecule has 10 rings (SSSR count). The third kappa shape index (κ3) is 15.2. The van der Waals surface area contributed by atoms with Gasteiger partial charge in [-0.1, -0.05) is 84.7 Å². The van der Waals surface area contributed by atoms with Crippen molar-refractivity contribution in [2.75, 3.05) is 105 Å². The van der Waals surface area contributed by atoms with Crippen molar-refractivity contribution in [2.45, 2.75) is 133 Å². The Morgan fingerprint density at radius 1 is 0.742 bits per heavy atom. The average molecular weight is 1280 g/mol. The Morgan fingerprint density at radius 3 is 1.96 bits per heavy atom. The highest BCUT2D eigenvalue weighted by atomic mass is 33.1. The number of anilines is 5. The molecule has 0 saturated heterocycles. The third-order valence-electron chi connectivity index (χ3n) is 17.9. The van der Waals surface area contributed by atoms with Crippen molar-refractivity contribution in [3.05, 3.63) is 124 Å². The molecular formula is C67H86N6O13S3. The van der Waals surface area contributed by atoms with Gasteiger partial charge in [0.05, 0.1) is 81.8 Å². The Hall–Kier alpha value is -6.40. The fourth-order valence-electron chi connectivity index (χ4n) is 13.4.